The van der Waals surface area contributed by atoms with Crippen LogP contribution in [0.2, 0.25) is 0 Å². The summed E-state index contributed by atoms with van der Waals surface area (Å²) >= 11 is 0. The summed E-state index contributed by atoms with van der Waals surface area (Å²) in [4.78, 5) is 18.7. The molecule has 1 aromatic carbocycles. The van der Waals surface area contributed by atoms with Crippen LogP contribution >= 0.6 is 0 Å². The Hall–Kier alpha value is -1.68. The molecule has 2 aromatic rings. The second-order valence-corrected chi connectivity index (χ2v) is 8.56. The van der Waals surface area contributed by atoms with Crippen LogP contribution in [0, 0.1) is 0 Å². The van der Waals surface area contributed by atoms with E-state index in [4.69, 9.17) is 4.42 Å². The first-order chi connectivity index (χ1) is 12.0. The summed E-state index contributed by atoms with van der Waals surface area (Å²) in [6, 6.07) is 4.78. The molecule has 136 valence electrons. The Balaban J connectivity index is 1.44. The number of nitrogens with zero attached hydrogens (tertiary/aromatic N) is 3. The zero-order valence-electron chi connectivity index (χ0n) is 14.1. The molecule has 4 rings (SSSR count). The van der Waals surface area contributed by atoms with E-state index in [1.807, 2.05) is 0 Å². The van der Waals surface area contributed by atoms with Crippen molar-refractivity contribution in [2.45, 2.75) is 17.9 Å². The molecule has 2 aliphatic heterocycles. The number of rotatable bonds is 4. The number of oxazole rings is 1. The van der Waals surface area contributed by atoms with Gasteiger partial charge in [0.2, 0.25) is 10.0 Å². The van der Waals surface area contributed by atoms with Gasteiger partial charge in [-0.3, -0.25) is 9.88 Å². The molecule has 1 aromatic heterocycles. The van der Waals surface area contributed by atoms with E-state index in [2.05, 4.69) is 21.7 Å². The normalized spacial score (nSPS) is 21.6. The van der Waals surface area contributed by atoms with Gasteiger partial charge in [-0.2, -0.15) is 4.31 Å². The highest BCUT2D eigenvalue weighted by Gasteiger charge is 2.40. The standard InChI is InChI=1S/C16H22N4O4S/c1-2-18-5-7-19(8-6-18)12-10-20(11-12)25(22,23)13-3-4-14-15(9-13)24-16(21)17-14/h3-4,9,12H,2,5-8,10-11H2,1H3,(H,17,21). The van der Waals surface area contributed by atoms with Crippen molar-refractivity contribution < 1.29 is 12.8 Å². The van der Waals surface area contributed by atoms with E-state index in [-0.39, 0.29) is 10.5 Å². The third-order valence-corrected chi connectivity index (χ3v) is 7.06. The number of piperazine rings is 1. The van der Waals surface area contributed by atoms with E-state index in [1.54, 1.807) is 6.07 Å². The smallest absolute Gasteiger partial charge is 0.408 e. The Morgan fingerprint density at radius 2 is 1.92 bits per heavy atom. The molecule has 1 N–H and O–H groups in total. The van der Waals surface area contributed by atoms with E-state index in [0.717, 1.165) is 32.7 Å². The molecule has 0 radical (unpaired) electrons. The average Bonchev–Trinajstić information content (AvgIpc) is 2.93. The van der Waals surface area contributed by atoms with Crippen LogP contribution in [0.1, 0.15) is 6.92 Å². The van der Waals surface area contributed by atoms with Gasteiger partial charge in [0.1, 0.15) is 0 Å². The van der Waals surface area contributed by atoms with Crippen molar-refractivity contribution >= 4 is 21.1 Å². The molecule has 2 saturated heterocycles. The lowest BCUT2D eigenvalue weighted by Gasteiger charge is -2.47. The van der Waals surface area contributed by atoms with Crippen LogP contribution in [0.5, 0.6) is 0 Å². The van der Waals surface area contributed by atoms with E-state index in [9.17, 15) is 13.2 Å². The second-order valence-electron chi connectivity index (χ2n) is 6.62. The number of fused-ring (bicyclic) bond motifs is 1. The van der Waals surface area contributed by atoms with Gasteiger partial charge in [-0.1, -0.05) is 6.92 Å². The number of likely N-dealkylation sites (N-methyl/N-ethyl adjacent to an activating group) is 1. The van der Waals surface area contributed by atoms with E-state index >= 15 is 0 Å². The molecule has 0 unspecified atom stereocenters. The summed E-state index contributed by atoms with van der Waals surface area (Å²) in [7, 11) is -3.55. The Bertz CT molecular complexity index is 921. The summed E-state index contributed by atoms with van der Waals surface area (Å²) in [5.41, 5.74) is 0.762. The maximum Gasteiger partial charge on any atom is 0.417 e. The Morgan fingerprint density at radius 1 is 1.20 bits per heavy atom. The van der Waals surface area contributed by atoms with Gasteiger partial charge in [0, 0.05) is 51.4 Å². The average molecular weight is 366 g/mol. The van der Waals surface area contributed by atoms with Crippen molar-refractivity contribution in [2.75, 3.05) is 45.8 Å². The van der Waals surface area contributed by atoms with Crippen molar-refractivity contribution in [3.05, 3.63) is 28.7 Å². The summed E-state index contributed by atoms with van der Waals surface area (Å²) in [5, 5.41) is 0. The van der Waals surface area contributed by atoms with Crippen molar-refractivity contribution in [1.82, 2.24) is 19.1 Å². The first-order valence-electron chi connectivity index (χ1n) is 8.57. The predicted molar refractivity (Wildman–Crippen MR) is 93.1 cm³/mol. The molecule has 0 saturated carbocycles. The maximum absolute atomic E-state index is 12.8. The predicted octanol–water partition coefficient (Wildman–Crippen LogP) is 0.131. The number of hydrogen-bond donors (Lipinski definition) is 1. The number of nitrogens with one attached hydrogen (secondary N) is 1. The quantitative estimate of drug-likeness (QED) is 0.827. The van der Waals surface area contributed by atoms with Crippen molar-refractivity contribution in [3.8, 4) is 0 Å². The molecule has 25 heavy (non-hydrogen) atoms. The van der Waals surface area contributed by atoms with Gasteiger partial charge in [-0.15, -0.1) is 0 Å². The fourth-order valence-corrected chi connectivity index (χ4v) is 5.05. The molecule has 0 bridgehead atoms. The van der Waals surface area contributed by atoms with Crippen molar-refractivity contribution in [2.24, 2.45) is 0 Å². The second kappa shape index (κ2) is 6.24. The highest BCUT2D eigenvalue weighted by Crippen LogP contribution is 2.26. The van der Waals surface area contributed by atoms with Gasteiger partial charge in [0.15, 0.2) is 5.58 Å². The lowest BCUT2D eigenvalue weighted by Crippen LogP contribution is -2.64. The molecule has 8 nitrogen and oxygen atoms in total. The Labute approximate surface area is 146 Å². The number of H-pyrrole nitrogens is 1. The van der Waals surface area contributed by atoms with Crippen LogP contribution in [-0.2, 0) is 10.0 Å². The molecule has 3 heterocycles. The van der Waals surface area contributed by atoms with Crippen molar-refractivity contribution in [3.63, 3.8) is 0 Å². The Morgan fingerprint density at radius 3 is 2.60 bits per heavy atom. The van der Waals surface area contributed by atoms with Gasteiger partial charge in [-0.25, -0.2) is 13.2 Å². The maximum atomic E-state index is 12.8. The molecule has 0 atom stereocenters. The van der Waals surface area contributed by atoms with Gasteiger partial charge >= 0.3 is 5.76 Å². The summed E-state index contributed by atoms with van der Waals surface area (Å²) in [6.07, 6.45) is 0. The van der Waals surface area contributed by atoms with Crippen LogP contribution in [-0.4, -0.2) is 79.4 Å². The molecule has 2 fully saturated rings. The van der Waals surface area contributed by atoms with Gasteiger partial charge in [0.05, 0.1) is 10.4 Å². The number of aromatic nitrogens is 1. The fraction of sp³-hybridized carbons (Fsp3) is 0.562. The van der Waals surface area contributed by atoms with Gasteiger partial charge in [-0.05, 0) is 18.7 Å². The lowest BCUT2D eigenvalue weighted by atomic mass is 10.1. The minimum atomic E-state index is -3.55. The monoisotopic (exact) mass is 366 g/mol. The van der Waals surface area contributed by atoms with E-state index < -0.39 is 15.8 Å². The third-order valence-electron chi connectivity index (χ3n) is 5.23. The third kappa shape index (κ3) is 3.01. The molecular weight excluding hydrogens is 344 g/mol. The number of benzene rings is 1. The highest BCUT2D eigenvalue weighted by atomic mass is 32.2. The van der Waals surface area contributed by atoms with Crippen LogP contribution in [0.25, 0.3) is 11.1 Å². The molecule has 2 aliphatic rings. The summed E-state index contributed by atoms with van der Waals surface area (Å²) in [5.74, 6) is -0.584. The fourth-order valence-electron chi connectivity index (χ4n) is 3.52. The topological polar surface area (TPSA) is 89.9 Å². The molecule has 0 aliphatic carbocycles. The number of aromatic amines is 1. The first kappa shape index (κ1) is 16.8. The van der Waals surface area contributed by atoms with Crippen LogP contribution < -0.4 is 5.76 Å². The van der Waals surface area contributed by atoms with Crippen molar-refractivity contribution in [1.29, 1.82) is 0 Å². The Kier molecular flexibility index (Phi) is 4.19. The highest BCUT2D eigenvalue weighted by molar-refractivity contribution is 7.89. The van der Waals surface area contributed by atoms with E-state index in [0.29, 0.717) is 24.6 Å². The summed E-state index contributed by atoms with van der Waals surface area (Å²) < 4.78 is 32.0. The molecule has 0 spiro atoms. The van der Waals surface area contributed by atoms with Gasteiger partial charge in [0.25, 0.3) is 0 Å². The first-order valence-corrected chi connectivity index (χ1v) is 10.0. The molecule has 9 heteroatoms. The minimum Gasteiger partial charge on any atom is -0.408 e. The van der Waals surface area contributed by atoms with Crippen LogP contribution in [0.15, 0.2) is 32.3 Å². The lowest BCUT2D eigenvalue weighted by molar-refractivity contribution is 0.0425. The largest absolute Gasteiger partial charge is 0.417 e. The number of hydrogen-bond acceptors (Lipinski definition) is 6. The molecular formula is C16H22N4O4S. The summed E-state index contributed by atoms with van der Waals surface area (Å²) in [6.45, 7) is 8.34. The van der Waals surface area contributed by atoms with Crippen LogP contribution in [0.3, 0.4) is 0 Å². The van der Waals surface area contributed by atoms with E-state index in [1.165, 1.54) is 16.4 Å². The van der Waals surface area contributed by atoms with Crippen LogP contribution in [0.4, 0.5) is 0 Å². The number of sulfonamides is 1. The molecule has 0 amide bonds. The van der Waals surface area contributed by atoms with Gasteiger partial charge < -0.3 is 9.32 Å². The minimum absolute atomic E-state index is 0.164. The zero-order chi connectivity index (χ0) is 17.6. The SMILES string of the molecule is CCN1CCN(C2CN(S(=O)(=O)c3ccc4[nH]c(=O)oc4c3)C2)CC1. The zero-order valence-corrected chi connectivity index (χ0v) is 15.0.